The average molecular weight is 413 g/mol. The van der Waals surface area contributed by atoms with Crippen LogP contribution in [0.1, 0.15) is 17.0 Å². The summed E-state index contributed by atoms with van der Waals surface area (Å²) in [5.41, 5.74) is 3.68. The molecule has 0 spiro atoms. The normalized spacial score (nSPS) is 10.5. The first-order chi connectivity index (χ1) is 14.0. The molecular formula is C22H24N2O4S. The topological polar surface area (TPSA) is 69.7 Å². The number of carbonyl (C=O) groups excluding carboxylic acids is 1. The van der Waals surface area contributed by atoms with E-state index < -0.39 is 0 Å². The second kappa shape index (κ2) is 9.43. The number of hydrogen-bond acceptors (Lipinski definition) is 6. The van der Waals surface area contributed by atoms with Crippen molar-refractivity contribution in [3.05, 3.63) is 52.3 Å². The van der Waals surface area contributed by atoms with Gasteiger partial charge in [-0.05, 0) is 43.2 Å². The van der Waals surface area contributed by atoms with E-state index in [9.17, 15) is 4.79 Å². The first-order valence-corrected chi connectivity index (χ1v) is 10.0. The minimum absolute atomic E-state index is 0.0593. The fraction of sp³-hybridized carbons (Fsp3) is 0.273. The highest BCUT2D eigenvalue weighted by molar-refractivity contribution is 7.09. The van der Waals surface area contributed by atoms with Gasteiger partial charge in [-0.25, -0.2) is 4.98 Å². The molecule has 0 aliphatic rings. The highest BCUT2D eigenvalue weighted by atomic mass is 32.1. The molecule has 152 valence electrons. The third-order valence-corrected chi connectivity index (χ3v) is 5.22. The summed E-state index contributed by atoms with van der Waals surface area (Å²) in [7, 11) is 4.71. The first-order valence-electron chi connectivity index (χ1n) is 9.15. The van der Waals surface area contributed by atoms with Gasteiger partial charge in [-0.15, -0.1) is 11.3 Å². The molecule has 0 bridgehead atoms. The molecule has 1 N–H and O–H groups in total. The number of nitrogens with one attached hydrogen (secondary N) is 1. The number of benzene rings is 2. The van der Waals surface area contributed by atoms with Crippen LogP contribution >= 0.6 is 11.3 Å². The van der Waals surface area contributed by atoms with E-state index in [1.807, 2.05) is 48.7 Å². The summed E-state index contributed by atoms with van der Waals surface area (Å²) in [5, 5.41) is 5.99. The van der Waals surface area contributed by atoms with Crippen molar-refractivity contribution in [2.24, 2.45) is 0 Å². The third-order valence-electron chi connectivity index (χ3n) is 4.45. The summed E-state index contributed by atoms with van der Waals surface area (Å²) >= 11 is 1.62. The van der Waals surface area contributed by atoms with Crippen molar-refractivity contribution < 1.29 is 19.0 Å². The summed E-state index contributed by atoms with van der Waals surface area (Å²) in [6.45, 7) is 1.98. The number of amides is 1. The molecule has 3 aromatic rings. The second-order valence-electron chi connectivity index (χ2n) is 6.41. The van der Waals surface area contributed by atoms with Gasteiger partial charge >= 0.3 is 0 Å². The summed E-state index contributed by atoms with van der Waals surface area (Å²) in [4.78, 5) is 16.8. The van der Waals surface area contributed by atoms with Crippen LogP contribution in [0, 0.1) is 6.92 Å². The number of hydrogen-bond donors (Lipinski definition) is 1. The summed E-state index contributed by atoms with van der Waals surface area (Å²) in [6.07, 6.45) is 0.893. The largest absolute Gasteiger partial charge is 0.493 e. The Morgan fingerprint density at radius 2 is 1.69 bits per heavy atom. The lowest BCUT2D eigenvalue weighted by molar-refractivity contribution is -0.116. The Labute approximate surface area is 174 Å². The van der Waals surface area contributed by atoms with Crippen molar-refractivity contribution in [1.82, 2.24) is 4.98 Å². The maximum absolute atomic E-state index is 12.4. The molecule has 2 aromatic carbocycles. The lowest BCUT2D eigenvalue weighted by atomic mass is 10.1. The Hall–Kier alpha value is -3.06. The van der Waals surface area contributed by atoms with Crippen molar-refractivity contribution in [3.63, 3.8) is 0 Å². The molecule has 0 aliphatic heterocycles. The van der Waals surface area contributed by atoms with Gasteiger partial charge in [0.1, 0.15) is 0 Å². The third kappa shape index (κ3) is 5.06. The second-order valence-corrected chi connectivity index (χ2v) is 7.47. The monoisotopic (exact) mass is 412 g/mol. The van der Waals surface area contributed by atoms with E-state index in [0.29, 0.717) is 30.1 Å². The van der Waals surface area contributed by atoms with E-state index >= 15 is 0 Å². The van der Waals surface area contributed by atoms with Crippen LogP contribution in [0.4, 0.5) is 5.69 Å². The number of ether oxygens (including phenoxy) is 3. The Bertz CT molecular complexity index is 958. The van der Waals surface area contributed by atoms with Crippen molar-refractivity contribution in [2.45, 2.75) is 19.8 Å². The number of aromatic nitrogens is 1. The number of anilines is 1. The molecule has 0 radical (unpaired) electrons. The van der Waals surface area contributed by atoms with E-state index in [1.54, 1.807) is 32.7 Å². The molecule has 1 amide bonds. The van der Waals surface area contributed by atoms with Gasteiger partial charge < -0.3 is 19.5 Å². The Kier molecular flexibility index (Phi) is 6.72. The van der Waals surface area contributed by atoms with Crippen molar-refractivity contribution in [1.29, 1.82) is 0 Å². The molecule has 6 nitrogen and oxygen atoms in total. The zero-order valence-electron chi connectivity index (χ0n) is 16.9. The number of methoxy groups -OCH3 is 3. The molecule has 1 heterocycles. The van der Waals surface area contributed by atoms with Crippen molar-refractivity contribution >= 4 is 22.9 Å². The van der Waals surface area contributed by atoms with Gasteiger partial charge in [-0.1, -0.05) is 12.1 Å². The van der Waals surface area contributed by atoms with E-state index in [0.717, 1.165) is 27.5 Å². The van der Waals surface area contributed by atoms with Gasteiger partial charge in [0.25, 0.3) is 0 Å². The van der Waals surface area contributed by atoms with Crippen LogP contribution in [-0.2, 0) is 11.2 Å². The predicted octanol–water partition coefficient (Wildman–Crippen LogP) is 4.72. The first kappa shape index (κ1) is 20.7. The fourth-order valence-electron chi connectivity index (χ4n) is 2.98. The molecule has 0 saturated carbocycles. The van der Waals surface area contributed by atoms with Crippen LogP contribution in [0.25, 0.3) is 11.3 Å². The zero-order chi connectivity index (χ0) is 20.8. The molecular weight excluding hydrogens is 388 g/mol. The molecule has 0 fully saturated rings. The SMILES string of the molecule is COc1cc(CCC(=O)Nc2ccc(-c3csc(C)n3)cc2)cc(OC)c1OC. The smallest absolute Gasteiger partial charge is 0.224 e. The highest BCUT2D eigenvalue weighted by Crippen LogP contribution is 2.38. The summed E-state index contributed by atoms with van der Waals surface area (Å²) in [5.74, 6) is 1.64. The molecule has 0 unspecified atom stereocenters. The maximum atomic E-state index is 12.4. The lowest BCUT2D eigenvalue weighted by Gasteiger charge is -2.14. The summed E-state index contributed by atoms with van der Waals surface area (Å²) < 4.78 is 16.0. The van der Waals surface area contributed by atoms with E-state index in [-0.39, 0.29) is 5.91 Å². The zero-order valence-corrected chi connectivity index (χ0v) is 17.8. The maximum Gasteiger partial charge on any atom is 0.224 e. The highest BCUT2D eigenvalue weighted by Gasteiger charge is 2.14. The molecule has 0 atom stereocenters. The van der Waals surface area contributed by atoms with Gasteiger partial charge in [0.15, 0.2) is 11.5 Å². The van der Waals surface area contributed by atoms with Crippen LogP contribution in [0.5, 0.6) is 17.2 Å². The van der Waals surface area contributed by atoms with Gasteiger partial charge in [-0.3, -0.25) is 4.79 Å². The minimum Gasteiger partial charge on any atom is -0.493 e. The van der Waals surface area contributed by atoms with Crippen LogP contribution in [-0.4, -0.2) is 32.2 Å². The van der Waals surface area contributed by atoms with Crippen molar-refractivity contribution in [3.8, 4) is 28.5 Å². The van der Waals surface area contributed by atoms with Crippen LogP contribution in [0.2, 0.25) is 0 Å². The van der Waals surface area contributed by atoms with E-state index in [1.165, 1.54) is 0 Å². The minimum atomic E-state index is -0.0593. The Balaban J connectivity index is 1.61. The van der Waals surface area contributed by atoms with Crippen LogP contribution in [0.3, 0.4) is 0 Å². The quantitative estimate of drug-likeness (QED) is 0.580. The van der Waals surface area contributed by atoms with Gasteiger partial charge in [0.05, 0.1) is 32.0 Å². The Morgan fingerprint density at radius 1 is 1.03 bits per heavy atom. The number of rotatable bonds is 8. The van der Waals surface area contributed by atoms with Gasteiger partial charge in [0.2, 0.25) is 11.7 Å². The molecule has 29 heavy (non-hydrogen) atoms. The van der Waals surface area contributed by atoms with Crippen molar-refractivity contribution in [2.75, 3.05) is 26.6 Å². The number of nitrogens with zero attached hydrogens (tertiary/aromatic N) is 1. The van der Waals surface area contributed by atoms with Gasteiger partial charge in [-0.2, -0.15) is 0 Å². The van der Waals surface area contributed by atoms with E-state index in [4.69, 9.17) is 14.2 Å². The number of thiazole rings is 1. The standard InChI is InChI=1S/C22H24N2O4S/c1-14-23-18(13-29-14)16-6-8-17(9-7-16)24-21(25)10-5-15-11-19(26-2)22(28-4)20(12-15)27-3/h6-9,11-13H,5,10H2,1-4H3,(H,24,25). The average Bonchev–Trinajstić information content (AvgIpc) is 3.18. The molecule has 1 aromatic heterocycles. The number of carbonyl (C=O) groups is 1. The molecule has 0 saturated heterocycles. The predicted molar refractivity (Wildman–Crippen MR) is 115 cm³/mol. The molecule has 7 heteroatoms. The Morgan fingerprint density at radius 3 is 2.21 bits per heavy atom. The van der Waals surface area contributed by atoms with Crippen LogP contribution in [0.15, 0.2) is 41.8 Å². The number of aryl methyl sites for hydroxylation is 2. The molecule has 0 aliphatic carbocycles. The van der Waals surface area contributed by atoms with Crippen LogP contribution < -0.4 is 19.5 Å². The lowest BCUT2D eigenvalue weighted by Crippen LogP contribution is -2.12. The summed E-state index contributed by atoms with van der Waals surface area (Å²) in [6, 6.07) is 11.4. The fourth-order valence-corrected chi connectivity index (χ4v) is 3.60. The van der Waals surface area contributed by atoms with Gasteiger partial charge in [0, 0.05) is 23.1 Å². The van der Waals surface area contributed by atoms with E-state index in [2.05, 4.69) is 10.3 Å². The molecule has 3 rings (SSSR count).